The average Bonchev–Trinajstić information content (AvgIpc) is 3.54. The van der Waals surface area contributed by atoms with Crippen molar-refractivity contribution in [1.29, 1.82) is 0 Å². The van der Waals surface area contributed by atoms with E-state index in [0.29, 0.717) is 17.5 Å². The lowest BCUT2D eigenvalue weighted by Gasteiger charge is -2.41. The zero-order valence-corrected chi connectivity index (χ0v) is 30.1. The molecule has 0 atom stereocenters. The van der Waals surface area contributed by atoms with Crippen molar-refractivity contribution in [3.8, 4) is 45.0 Å². The van der Waals surface area contributed by atoms with Gasteiger partial charge in [-0.2, -0.15) is 0 Å². The monoisotopic (exact) mass is 708 g/mol. The van der Waals surface area contributed by atoms with Gasteiger partial charge < -0.3 is 0 Å². The van der Waals surface area contributed by atoms with Gasteiger partial charge >= 0.3 is 0 Å². The van der Waals surface area contributed by atoms with Gasteiger partial charge in [-0.15, -0.1) is 0 Å². The van der Waals surface area contributed by atoms with E-state index in [0.717, 1.165) is 45.3 Å². The molecule has 0 fully saturated rings. The maximum atomic E-state index is 5.28. The summed E-state index contributed by atoms with van der Waals surface area (Å²) in [6.45, 7) is 0. The van der Waals surface area contributed by atoms with Crippen LogP contribution in [-0.2, 0) is 5.41 Å². The minimum Gasteiger partial charge on any atom is -0.256 e. The summed E-state index contributed by atoms with van der Waals surface area (Å²) >= 11 is 1.84. The van der Waals surface area contributed by atoms with Crippen LogP contribution in [0.25, 0.3) is 61.5 Å². The highest BCUT2D eigenvalue weighted by Crippen LogP contribution is 2.64. The highest BCUT2D eigenvalue weighted by Gasteiger charge is 2.51. The number of aromatic nitrogens is 4. The van der Waals surface area contributed by atoms with Crippen LogP contribution in [0.3, 0.4) is 0 Å². The highest BCUT2D eigenvalue weighted by atomic mass is 32.2. The van der Waals surface area contributed by atoms with Gasteiger partial charge in [0.2, 0.25) is 0 Å². The summed E-state index contributed by atoms with van der Waals surface area (Å²) in [6.07, 6.45) is 10.5. The van der Waals surface area contributed by atoms with E-state index in [1.807, 2.05) is 42.2 Å². The van der Waals surface area contributed by atoms with Crippen LogP contribution in [0.1, 0.15) is 40.9 Å². The van der Waals surface area contributed by atoms with Gasteiger partial charge in [-0.1, -0.05) is 163 Å². The topological polar surface area (TPSA) is 51.6 Å². The SMILES string of the molecule is C1=CC(c2nc(-c3ccccc3)nc(-c3cccc4c3Sc3c(-c5cccc6ncccc56)cccc3C43c4ccccc4-c4ccccc43)n2)=CCC1. The smallest absolute Gasteiger partial charge is 0.165 e. The molecule has 0 saturated carbocycles. The Bertz CT molecular complexity index is 2820. The summed E-state index contributed by atoms with van der Waals surface area (Å²) in [5.74, 6) is 2.04. The van der Waals surface area contributed by atoms with Crippen LogP contribution in [0, 0.1) is 0 Å². The van der Waals surface area contributed by atoms with Gasteiger partial charge in [0.1, 0.15) is 0 Å². The molecule has 5 heteroatoms. The van der Waals surface area contributed by atoms with E-state index >= 15 is 0 Å². The van der Waals surface area contributed by atoms with Crippen LogP contribution in [0.2, 0.25) is 0 Å². The minimum atomic E-state index is -0.565. The predicted octanol–water partition coefficient (Wildman–Crippen LogP) is 12.0. The molecular weight excluding hydrogens is 677 g/mol. The summed E-state index contributed by atoms with van der Waals surface area (Å²) < 4.78 is 0. The Morgan fingerprint density at radius 1 is 0.463 bits per heavy atom. The first-order chi connectivity index (χ1) is 26.8. The molecule has 0 amide bonds. The summed E-state index contributed by atoms with van der Waals surface area (Å²) in [5, 5.41) is 1.14. The first kappa shape index (κ1) is 31.1. The molecular formula is C49H32N4S. The fourth-order valence-corrected chi connectivity index (χ4v) is 10.2. The maximum absolute atomic E-state index is 5.28. The Morgan fingerprint density at radius 2 is 1.07 bits per heavy atom. The Labute approximate surface area is 318 Å². The van der Waals surface area contributed by atoms with Crippen molar-refractivity contribution in [1.82, 2.24) is 19.9 Å². The number of rotatable bonds is 4. The molecule has 54 heavy (non-hydrogen) atoms. The molecule has 2 aromatic heterocycles. The summed E-state index contributed by atoms with van der Waals surface area (Å²) in [5.41, 5.74) is 13.4. The van der Waals surface area contributed by atoms with Crippen molar-refractivity contribution >= 4 is 28.2 Å². The molecule has 1 spiro atoms. The Balaban J connectivity index is 1.24. The number of allylic oxidation sites excluding steroid dienone is 4. The molecule has 1 aliphatic heterocycles. The Morgan fingerprint density at radius 3 is 1.83 bits per heavy atom. The maximum Gasteiger partial charge on any atom is 0.165 e. The fourth-order valence-electron chi connectivity index (χ4n) is 8.79. The quantitative estimate of drug-likeness (QED) is 0.182. The molecule has 2 aliphatic carbocycles. The first-order valence-corrected chi connectivity index (χ1v) is 19.3. The minimum absolute atomic E-state index is 0.565. The van der Waals surface area contributed by atoms with Crippen LogP contribution in [-0.4, -0.2) is 19.9 Å². The molecule has 3 heterocycles. The van der Waals surface area contributed by atoms with Crippen molar-refractivity contribution in [2.45, 2.75) is 28.0 Å². The van der Waals surface area contributed by atoms with Crippen LogP contribution < -0.4 is 0 Å². The van der Waals surface area contributed by atoms with Crippen molar-refractivity contribution < 1.29 is 0 Å². The zero-order chi connectivity index (χ0) is 35.6. The number of nitrogens with zero attached hydrogens (tertiary/aromatic N) is 4. The van der Waals surface area contributed by atoms with E-state index < -0.39 is 5.41 Å². The largest absolute Gasteiger partial charge is 0.256 e. The lowest BCUT2D eigenvalue weighted by molar-refractivity contribution is 0.723. The average molecular weight is 709 g/mol. The van der Waals surface area contributed by atoms with E-state index in [1.54, 1.807) is 0 Å². The molecule has 0 bridgehead atoms. The van der Waals surface area contributed by atoms with E-state index in [-0.39, 0.29) is 0 Å². The van der Waals surface area contributed by atoms with Gasteiger partial charge in [-0.3, -0.25) is 4.98 Å². The third kappa shape index (κ3) is 4.58. The third-order valence-electron chi connectivity index (χ3n) is 11.1. The number of fused-ring (bicyclic) bond motifs is 10. The second-order valence-corrected chi connectivity index (χ2v) is 15.0. The number of hydrogen-bond donors (Lipinski definition) is 0. The second kappa shape index (κ2) is 12.3. The molecule has 6 aromatic carbocycles. The van der Waals surface area contributed by atoms with Crippen LogP contribution in [0.5, 0.6) is 0 Å². The van der Waals surface area contributed by atoms with Gasteiger partial charge in [-0.05, 0) is 69.5 Å². The predicted molar refractivity (Wildman–Crippen MR) is 219 cm³/mol. The van der Waals surface area contributed by atoms with Crippen LogP contribution in [0.15, 0.2) is 180 Å². The van der Waals surface area contributed by atoms with Crippen LogP contribution >= 0.6 is 11.8 Å². The molecule has 0 radical (unpaired) electrons. The molecule has 11 rings (SSSR count). The lowest BCUT2D eigenvalue weighted by Crippen LogP contribution is -2.32. The van der Waals surface area contributed by atoms with E-state index in [2.05, 4.69) is 140 Å². The van der Waals surface area contributed by atoms with Crippen molar-refractivity contribution in [2.75, 3.05) is 0 Å². The van der Waals surface area contributed by atoms with Gasteiger partial charge in [-0.25, -0.2) is 15.0 Å². The van der Waals surface area contributed by atoms with E-state index in [1.165, 1.54) is 49.4 Å². The van der Waals surface area contributed by atoms with E-state index in [9.17, 15) is 0 Å². The van der Waals surface area contributed by atoms with Crippen LogP contribution in [0.4, 0.5) is 0 Å². The zero-order valence-electron chi connectivity index (χ0n) is 29.3. The van der Waals surface area contributed by atoms with Gasteiger partial charge in [0.05, 0.1) is 10.9 Å². The van der Waals surface area contributed by atoms with Gasteiger partial charge in [0, 0.05) is 38.1 Å². The lowest BCUT2D eigenvalue weighted by atomic mass is 9.66. The number of benzene rings is 6. The van der Waals surface area contributed by atoms with E-state index in [4.69, 9.17) is 19.9 Å². The summed E-state index contributed by atoms with van der Waals surface area (Å²) in [4.78, 5) is 22.7. The highest BCUT2D eigenvalue weighted by molar-refractivity contribution is 7.99. The molecule has 4 nitrogen and oxygen atoms in total. The number of hydrogen-bond acceptors (Lipinski definition) is 5. The number of pyridine rings is 1. The normalized spacial score (nSPS) is 14.6. The van der Waals surface area contributed by atoms with Crippen molar-refractivity contribution in [2.24, 2.45) is 0 Å². The summed E-state index contributed by atoms with van der Waals surface area (Å²) in [6, 6.07) is 52.4. The van der Waals surface area contributed by atoms with Gasteiger partial charge in [0.15, 0.2) is 17.5 Å². The van der Waals surface area contributed by atoms with Crippen molar-refractivity contribution in [3.05, 3.63) is 198 Å². The van der Waals surface area contributed by atoms with Crippen molar-refractivity contribution in [3.63, 3.8) is 0 Å². The Kier molecular flexibility index (Phi) is 7.11. The molecule has 0 unspecified atom stereocenters. The fraction of sp³-hybridized carbons (Fsp3) is 0.0612. The molecule has 8 aromatic rings. The molecule has 0 saturated heterocycles. The molecule has 3 aliphatic rings. The molecule has 254 valence electrons. The standard InChI is InChI=1S/C49H32N4S/c1-3-15-31(16-4-1)46-51-47(32-17-5-2-6-18-32)53-48(52-46)38-23-12-28-42-45(38)54-44-37(33-21-13-29-43-36(33)24-14-30-50-43)22-11-27-41(44)49(42)39-25-9-7-19-34(39)35-20-8-10-26-40(35)49/h1,3-5,7-30H,2,6H2. The first-order valence-electron chi connectivity index (χ1n) is 18.5. The second-order valence-electron chi connectivity index (χ2n) is 14.0. The third-order valence-corrected chi connectivity index (χ3v) is 12.4. The van der Waals surface area contributed by atoms with Gasteiger partial charge in [0.25, 0.3) is 0 Å². The summed E-state index contributed by atoms with van der Waals surface area (Å²) in [7, 11) is 0. The Hall–Kier alpha value is -6.43. The molecule has 0 N–H and O–H groups in total.